The van der Waals surface area contributed by atoms with Crippen LogP contribution < -0.4 is 0 Å². The van der Waals surface area contributed by atoms with Gasteiger partial charge in [-0.3, -0.25) is 0 Å². The zero-order valence-corrected chi connectivity index (χ0v) is 29.7. The first kappa shape index (κ1) is 401. The molecule has 0 amide bonds. The number of hydrogen-bond donors (Lipinski definition) is 0. The molecule has 20 heteroatoms. The van der Waals surface area contributed by atoms with Crippen LogP contribution in [0.1, 0.15) is 0 Å². The van der Waals surface area contributed by atoms with Gasteiger partial charge in [-0.25, -0.2) is 0 Å². The van der Waals surface area contributed by atoms with Crippen LogP contribution in [0.3, 0.4) is 0 Å². The topological polar surface area (TPSA) is 378 Å². The zero-order valence-electron chi connectivity index (χ0n) is 10.0. The first-order chi connectivity index (χ1) is 0. The van der Waals surface area contributed by atoms with Crippen LogP contribution in [0, 0.1) is 0 Å². The molecule has 0 saturated carbocycles. The Bertz CT molecular complexity index is 19.4. The van der Waals surface area contributed by atoms with Gasteiger partial charge in [-0.15, -0.1) is 0 Å². The van der Waals surface area contributed by atoms with Crippen molar-refractivity contribution in [1.82, 2.24) is 0 Å². The molecule has 0 saturated heterocycles. The molecule has 0 aliphatic heterocycles. The van der Waals surface area contributed by atoms with Crippen LogP contribution in [-0.4, -0.2) is 65.7 Å². The van der Waals surface area contributed by atoms with Gasteiger partial charge in [-0.05, 0) is 0 Å². The Morgan fingerprint density at radius 2 is 0.100 bits per heavy atom. The van der Waals surface area contributed by atoms with E-state index in [0.29, 0.717) is 0 Å². The minimum atomic E-state index is 0. The minimum Gasteiger partial charge on any atom is -0.412 e. The summed E-state index contributed by atoms with van der Waals surface area (Å²) in [5.74, 6) is 0. The maximum Gasteiger partial charge on any atom is 0 e. The fourth-order valence-electron chi connectivity index (χ4n) is 0. The minimum absolute atomic E-state index is 0. The molecule has 0 atom stereocenters. The molecule has 0 fully saturated rings. The summed E-state index contributed by atoms with van der Waals surface area (Å²) < 4.78 is 0. The Hall–Kier alpha value is 6.58. The SMILES string of the molecule is O.O.O.O.O.O.O.O.O.O.O.O.[Zr].[Zr].[Zr].[Zr].[Zr].[Zr].[Zr].[Zr]. The number of rotatable bonds is 0. The van der Waals surface area contributed by atoms with E-state index >= 15 is 0 Å². The molecule has 0 aliphatic carbocycles. The van der Waals surface area contributed by atoms with E-state index in [2.05, 4.69) is 0 Å². The van der Waals surface area contributed by atoms with E-state index in [0.717, 1.165) is 0 Å². The average molecular weight is 946 g/mol. The van der Waals surface area contributed by atoms with Gasteiger partial charge in [0.15, 0.2) is 0 Å². The third-order valence-corrected chi connectivity index (χ3v) is 0. The third-order valence-electron chi connectivity index (χ3n) is 0. The van der Waals surface area contributed by atoms with Gasteiger partial charge in [-0.1, -0.05) is 0 Å². The Balaban J connectivity index is 0. The number of hydrogen-bond acceptors (Lipinski definition) is 0. The van der Waals surface area contributed by atoms with Gasteiger partial charge in [0.2, 0.25) is 0 Å². The van der Waals surface area contributed by atoms with Gasteiger partial charge in [0.25, 0.3) is 0 Å². The van der Waals surface area contributed by atoms with Gasteiger partial charge in [-0.2, -0.15) is 0 Å². The molecule has 0 heterocycles. The quantitative estimate of drug-likeness (QED) is 0.219. The molecular weight excluding hydrogens is 922 g/mol. The molecule has 0 aromatic rings. The Morgan fingerprint density at radius 3 is 0.100 bits per heavy atom. The van der Waals surface area contributed by atoms with Crippen molar-refractivity contribution in [2.45, 2.75) is 0 Å². The molecule has 0 bridgehead atoms. The normalized spacial score (nSPS) is 0. The molecule has 0 spiro atoms. The summed E-state index contributed by atoms with van der Waals surface area (Å²) in [6, 6.07) is 0. The molecular formula is H24O12Zr8. The predicted octanol–water partition coefficient (Wildman–Crippen LogP) is -9.92. The molecule has 12 nitrogen and oxygen atoms in total. The monoisotopic (exact) mass is 935 g/mol. The van der Waals surface area contributed by atoms with Crippen LogP contribution in [0.2, 0.25) is 0 Å². The van der Waals surface area contributed by atoms with Crippen molar-refractivity contribution in [2.24, 2.45) is 0 Å². The van der Waals surface area contributed by atoms with E-state index in [4.69, 9.17) is 0 Å². The first-order valence-electron chi connectivity index (χ1n) is 0. The van der Waals surface area contributed by atoms with Crippen LogP contribution in [-0.2, 0) is 210 Å². The Morgan fingerprint density at radius 1 is 0.100 bits per heavy atom. The van der Waals surface area contributed by atoms with Gasteiger partial charge in [0.05, 0.1) is 0 Å². The summed E-state index contributed by atoms with van der Waals surface area (Å²) in [4.78, 5) is 0. The summed E-state index contributed by atoms with van der Waals surface area (Å²) in [5.41, 5.74) is 0. The van der Waals surface area contributed by atoms with Crippen molar-refractivity contribution >= 4 is 0 Å². The summed E-state index contributed by atoms with van der Waals surface area (Å²) >= 11 is 0. The largest absolute Gasteiger partial charge is 0.412 e. The summed E-state index contributed by atoms with van der Waals surface area (Å²) in [6.45, 7) is 0. The van der Waals surface area contributed by atoms with Crippen LogP contribution in [0.5, 0.6) is 0 Å². The fraction of sp³-hybridized carbons (Fsp3) is 0. The van der Waals surface area contributed by atoms with Crippen LogP contribution in [0.15, 0.2) is 0 Å². The predicted molar refractivity (Wildman–Crippen MR) is 43.4 cm³/mol. The first-order valence-corrected chi connectivity index (χ1v) is 0. The second kappa shape index (κ2) is 357. The molecule has 128 valence electrons. The van der Waals surface area contributed by atoms with Gasteiger partial charge in [0, 0.05) is 210 Å². The van der Waals surface area contributed by atoms with E-state index in [1.165, 1.54) is 0 Å². The Kier molecular flexibility index (Phi) is 7160. The van der Waals surface area contributed by atoms with Crippen molar-refractivity contribution < 1.29 is 275 Å². The van der Waals surface area contributed by atoms with Gasteiger partial charge < -0.3 is 65.7 Å². The molecule has 0 rings (SSSR count). The maximum absolute atomic E-state index is 0. The van der Waals surface area contributed by atoms with Gasteiger partial charge in [0.1, 0.15) is 0 Å². The van der Waals surface area contributed by atoms with Gasteiger partial charge >= 0.3 is 0 Å². The fourth-order valence-corrected chi connectivity index (χ4v) is 0. The third kappa shape index (κ3) is 315. The zero-order chi connectivity index (χ0) is 0. The van der Waals surface area contributed by atoms with E-state index in [9.17, 15) is 0 Å². The molecule has 0 aliphatic rings. The van der Waals surface area contributed by atoms with Crippen LogP contribution >= 0.6 is 0 Å². The molecule has 0 unspecified atom stereocenters. The summed E-state index contributed by atoms with van der Waals surface area (Å²) in [7, 11) is 0. The van der Waals surface area contributed by atoms with Crippen molar-refractivity contribution in [3.63, 3.8) is 0 Å². The van der Waals surface area contributed by atoms with E-state index in [-0.39, 0.29) is 275 Å². The molecule has 0 radical (unpaired) electrons. The van der Waals surface area contributed by atoms with Crippen molar-refractivity contribution in [3.05, 3.63) is 0 Å². The standard InChI is InChI=1S/12H2O.8Zr/h12*1H2;;;;;;;;. The maximum atomic E-state index is 0. The smallest absolute Gasteiger partial charge is 0 e. The Labute approximate surface area is 269 Å². The van der Waals surface area contributed by atoms with E-state index in [1.807, 2.05) is 0 Å². The second-order valence-corrected chi connectivity index (χ2v) is 0. The average Bonchev–Trinajstić information content (AvgIpc) is 0. The second-order valence-electron chi connectivity index (χ2n) is 0. The molecule has 20 heavy (non-hydrogen) atoms. The van der Waals surface area contributed by atoms with Crippen molar-refractivity contribution in [3.8, 4) is 0 Å². The molecule has 0 aromatic heterocycles. The van der Waals surface area contributed by atoms with Crippen molar-refractivity contribution in [2.75, 3.05) is 0 Å². The summed E-state index contributed by atoms with van der Waals surface area (Å²) in [5, 5.41) is 0. The van der Waals surface area contributed by atoms with E-state index in [1.54, 1.807) is 0 Å². The summed E-state index contributed by atoms with van der Waals surface area (Å²) in [6.07, 6.45) is 0. The molecule has 24 N–H and O–H groups in total. The van der Waals surface area contributed by atoms with E-state index < -0.39 is 0 Å². The van der Waals surface area contributed by atoms with Crippen LogP contribution in [0.4, 0.5) is 0 Å². The van der Waals surface area contributed by atoms with Crippen LogP contribution in [0.25, 0.3) is 0 Å². The molecule has 0 aromatic carbocycles. The van der Waals surface area contributed by atoms with Crippen molar-refractivity contribution in [1.29, 1.82) is 0 Å².